The summed E-state index contributed by atoms with van der Waals surface area (Å²) in [5.74, 6) is -0.749. The van der Waals surface area contributed by atoms with Crippen LogP contribution in [0.4, 0.5) is 0 Å². The number of thiazole rings is 1. The zero-order chi connectivity index (χ0) is 12.1. The maximum absolute atomic E-state index is 10.5. The number of nitrogens with zero attached hydrogens (tertiary/aromatic N) is 2. The molecule has 0 aliphatic rings. The van der Waals surface area contributed by atoms with Crippen LogP contribution in [0.2, 0.25) is 0 Å². The summed E-state index contributed by atoms with van der Waals surface area (Å²) in [6.07, 6.45) is 0.183. The van der Waals surface area contributed by atoms with Crippen molar-refractivity contribution in [2.24, 2.45) is 0 Å². The molecule has 0 bridgehead atoms. The van der Waals surface area contributed by atoms with Crippen LogP contribution in [0.3, 0.4) is 0 Å². The van der Waals surface area contributed by atoms with Gasteiger partial charge in [-0.3, -0.25) is 9.69 Å². The molecule has 1 N–H and O–H groups in total. The highest BCUT2D eigenvalue weighted by Crippen LogP contribution is 2.13. The summed E-state index contributed by atoms with van der Waals surface area (Å²) in [7, 11) is 0. The monoisotopic (exact) mass is 242 g/mol. The first kappa shape index (κ1) is 13.1. The lowest BCUT2D eigenvalue weighted by molar-refractivity contribution is -0.137. The average Bonchev–Trinajstić information content (AvgIpc) is 2.57. The third kappa shape index (κ3) is 4.28. The normalized spacial score (nSPS) is 11.3. The van der Waals surface area contributed by atoms with E-state index in [0.717, 1.165) is 17.2 Å². The number of rotatable bonds is 6. The quantitative estimate of drug-likeness (QED) is 0.830. The molecule has 90 valence electrons. The molecule has 0 amide bonds. The molecule has 0 spiro atoms. The molecule has 0 aliphatic carbocycles. The Kier molecular flexibility index (Phi) is 4.89. The maximum atomic E-state index is 10.5. The summed E-state index contributed by atoms with van der Waals surface area (Å²) in [4.78, 5) is 17.1. The lowest BCUT2D eigenvalue weighted by Gasteiger charge is -2.24. The van der Waals surface area contributed by atoms with E-state index < -0.39 is 5.97 Å². The Morgan fingerprint density at radius 3 is 2.75 bits per heavy atom. The molecule has 5 heteroatoms. The van der Waals surface area contributed by atoms with Gasteiger partial charge in [0.25, 0.3) is 0 Å². The number of carboxylic acids is 1. The van der Waals surface area contributed by atoms with Crippen LogP contribution in [0.15, 0.2) is 5.38 Å². The number of carbonyl (C=O) groups is 1. The molecule has 0 unspecified atom stereocenters. The molecule has 1 heterocycles. The zero-order valence-corrected chi connectivity index (χ0v) is 10.8. The van der Waals surface area contributed by atoms with Gasteiger partial charge in [0.15, 0.2) is 0 Å². The van der Waals surface area contributed by atoms with E-state index in [-0.39, 0.29) is 6.42 Å². The first-order valence-electron chi connectivity index (χ1n) is 5.36. The minimum Gasteiger partial charge on any atom is -0.481 e. The first-order chi connectivity index (χ1) is 7.49. The summed E-state index contributed by atoms with van der Waals surface area (Å²) in [6.45, 7) is 7.43. The molecule has 0 saturated heterocycles. The molecule has 0 aromatic carbocycles. The van der Waals surface area contributed by atoms with E-state index in [1.54, 1.807) is 11.3 Å². The van der Waals surface area contributed by atoms with Crippen molar-refractivity contribution >= 4 is 17.3 Å². The molecular weight excluding hydrogens is 224 g/mol. The van der Waals surface area contributed by atoms with E-state index in [0.29, 0.717) is 12.6 Å². The van der Waals surface area contributed by atoms with E-state index in [4.69, 9.17) is 5.11 Å². The number of aryl methyl sites for hydroxylation is 1. The van der Waals surface area contributed by atoms with E-state index in [2.05, 4.69) is 23.7 Å². The van der Waals surface area contributed by atoms with Crippen molar-refractivity contribution in [3.05, 3.63) is 16.1 Å². The topological polar surface area (TPSA) is 53.4 Å². The second kappa shape index (κ2) is 5.96. The van der Waals surface area contributed by atoms with Gasteiger partial charge < -0.3 is 5.11 Å². The Bertz CT molecular complexity index is 350. The molecule has 16 heavy (non-hydrogen) atoms. The van der Waals surface area contributed by atoms with Crippen molar-refractivity contribution in [1.82, 2.24) is 9.88 Å². The Morgan fingerprint density at radius 1 is 1.62 bits per heavy atom. The van der Waals surface area contributed by atoms with Crippen molar-refractivity contribution in [2.75, 3.05) is 6.54 Å². The van der Waals surface area contributed by atoms with Gasteiger partial charge in [-0.25, -0.2) is 4.98 Å². The van der Waals surface area contributed by atoms with Crippen LogP contribution in [0.5, 0.6) is 0 Å². The summed E-state index contributed by atoms with van der Waals surface area (Å²) < 4.78 is 0. The van der Waals surface area contributed by atoms with Crippen LogP contribution in [0.25, 0.3) is 0 Å². The van der Waals surface area contributed by atoms with Gasteiger partial charge in [-0.1, -0.05) is 0 Å². The maximum Gasteiger partial charge on any atom is 0.304 e. The van der Waals surface area contributed by atoms with Gasteiger partial charge >= 0.3 is 5.97 Å². The van der Waals surface area contributed by atoms with Crippen LogP contribution >= 0.6 is 11.3 Å². The Balaban J connectivity index is 2.54. The molecule has 1 aromatic heterocycles. The lowest BCUT2D eigenvalue weighted by atomic mass is 10.3. The average molecular weight is 242 g/mol. The highest BCUT2D eigenvalue weighted by Gasteiger charge is 2.13. The SMILES string of the molecule is Cc1csc(CN(CCC(=O)O)C(C)C)n1. The highest BCUT2D eigenvalue weighted by molar-refractivity contribution is 7.09. The molecule has 0 atom stereocenters. The molecule has 0 saturated carbocycles. The highest BCUT2D eigenvalue weighted by atomic mass is 32.1. The fourth-order valence-corrected chi connectivity index (χ4v) is 2.20. The fraction of sp³-hybridized carbons (Fsp3) is 0.636. The smallest absolute Gasteiger partial charge is 0.304 e. The molecule has 4 nitrogen and oxygen atoms in total. The second-order valence-electron chi connectivity index (χ2n) is 4.09. The Morgan fingerprint density at radius 2 is 2.31 bits per heavy atom. The van der Waals surface area contributed by atoms with Gasteiger partial charge in [0.1, 0.15) is 5.01 Å². The largest absolute Gasteiger partial charge is 0.481 e. The van der Waals surface area contributed by atoms with Crippen LogP contribution in [-0.4, -0.2) is 33.5 Å². The number of aliphatic carboxylic acids is 1. The molecule has 0 radical (unpaired) electrons. The van der Waals surface area contributed by atoms with Crippen LogP contribution < -0.4 is 0 Å². The van der Waals surface area contributed by atoms with E-state index in [9.17, 15) is 4.79 Å². The second-order valence-corrected chi connectivity index (χ2v) is 5.03. The molecule has 0 fully saturated rings. The number of carboxylic acid groups (broad SMARTS) is 1. The summed E-state index contributed by atoms with van der Waals surface area (Å²) in [5.41, 5.74) is 1.03. The number of aromatic nitrogens is 1. The third-order valence-corrected chi connectivity index (χ3v) is 3.30. The molecule has 0 aliphatic heterocycles. The molecule has 1 aromatic rings. The first-order valence-corrected chi connectivity index (χ1v) is 6.24. The van der Waals surface area contributed by atoms with Gasteiger partial charge in [-0.05, 0) is 20.8 Å². The summed E-state index contributed by atoms with van der Waals surface area (Å²) in [5, 5.41) is 11.7. The van der Waals surface area contributed by atoms with Gasteiger partial charge in [0.2, 0.25) is 0 Å². The van der Waals surface area contributed by atoms with Crippen LogP contribution in [0, 0.1) is 6.92 Å². The van der Waals surface area contributed by atoms with Crippen LogP contribution in [-0.2, 0) is 11.3 Å². The van der Waals surface area contributed by atoms with Gasteiger partial charge in [-0.15, -0.1) is 11.3 Å². The number of hydrogen-bond acceptors (Lipinski definition) is 4. The van der Waals surface area contributed by atoms with Crippen LogP contribution in [0.1, 0.15) is 31.0 Å². The minimum absolute atomic E-state index is 0.183. The van der Waals surface area contributed by atoms with Gasteiger partial charge in [0.05, 0.1) is 13.0 Å². The molecular formula is C11H18N2O2S. The van der Waals surface area contributed by atoms with Crippen molar-refractivity contribution in [1.29, 1.82) is 0 Å². The Hall–Kier alpha value is -0.940. The zero-order valence-electron chi connectivity index (χ0n) is 9.93. The molecule has 1 rings (SSSR count). The van der Waals surface area contributed by atoms with E-state index in [1.807, 2.05) is 12.3 Å². The lowest BCUT2D eigenvalue weighted by Crippen LogP contribution is -2.32. The summed E-state index contributed by atoms with van der Waals surface area (Å²) in [6, 6.07) is 0.337. The number of hydrogen-bond donors (Lipinski definition) is 1. The van der Waals surface area contributed by atoms with Gasteiger partial charge in [0, 0.05) is 23.7 Å². The predicted molar refractivity (Wildman–Crippen MR) is 64.6 cm³/mol. The van der Waals surface area contributed by atoms with Crippen molar-refractivity contribution in [3.8, 4) is 0 Å². The van der Waals surface area contributed by atoms with E-state index >= 15 is 0 Å². The van der Waals surface area contributed by atoms with Crippen molar-refractivity contribution in [2.45, 2.75) is 39.8 Å². The van der Waals surface area contributed by atoms with E-state index in [1.165, 1.54) is 0 Å². The third-order valence-electron chi connectivity index (χ3n) is 2.35. The van der Waals surface area contributed by atoms with Gasteiger partial charge in [-0.2, -0.15) is 0 Å². The fourth-order valence-electron chi connectivity index (χ4n) is 1.41. The Labute approximate surface area is 99.9 Å². The van der Waals surface area contributed by atoms with Crippen molar-refractivity contribution in [3.63, 3.8) is 0 Å². The van der Waals surface area contributed by atoms with Crippen molar-refractivity contribution < 1.29 is 9.90 Å². The predicted octanol–water partition coefficient (Wildman–Crippen LogP) is 2.14. The summed E-state index contributed by atoms with van der Waals surface area (Å²) >= 11 is 1.63. The standard InChI is InChI=1S/C11H18N2O2S/c1-8(2)13(5-4-11(14)15)6-10-12-9(3)7-16-10/h7-8H,4-6H2,1-3H3,(H,14,15). The minimum atomic E-state index is -0.749.